The van der Waals surface area contributed by atoms with Gasteiger partial charge in [-0.05, 0) is 50.3 Å². The fourth-order valence-electron chi connectivity index (χ4n) is 3.97. The Labute approximate surface area is 174 Å². The average molecular weight is 388 g/mol. The molecule has 0 atom stereocenters. The minimum atomic E-state index is -1.73. The third kappa shape index (κ3) is 4.97. The summed E-state index contributed by atoms with van der Waals surface area (Å²) in [5.74, 6) is 0. The van der Waals surface area contributed by atoms with Crippen molar-refractivity contribution in [2.24, 2.45) is 0 Å². The van der Waals surface area contributed by atoms with E-state index in [-0.39, 0.29) is 12.0 Å². The molecule has 0 aromatic heterocycles. The van der Waals surface area contributed by atoms with Crippen molar-refractivity contribution in [3.05, 3.63) is 106 Å². The predicted octanol–water partition coefficient (Wildman–Crippen LogP) is 4.71. The second-order valence-electron chi connectivity index (χ2n) is 7.80. The molecular formula is C25H29BO3. The molecule has 0 radical (unpaired) electrons. The Morgan fingerprint density at radius 1 is 0.655 bits per heavy atom. The van der Waals surface area contributed by atoms with Gasteiger partial charge in [0.2, 0.25) is 0 Å². The van der Waals surface area contributed by atoms with Crippen molar-refractivity contribution in [1.82, 2.24) is 0 Å². The normalized spacial score (nSPS) is 11.5. The van der Waals surface area contributed by atoms with Crippen LogP contribution in [0.2, 0.25) is 0 Å². The summed E-state index contributed by atoms with van der Waals surface area (Å²) in [5.41, 5.74) is 6.99. The fraction of sp³-hybridized carbons (Fsp3) is 0.280. The van der Waals surface area contributed by atoms with Crippen molar-refractivity contribution < 1.29 is 14.7 Å². The van der Waals surface area contributed by atoms with E-state index in [4.69, 9.17) is 14.7 Å². The summed E-state index contributed by atoms with van der Waals surface area (Å²) >= 11 is 0. The second-order valence-corrected chi connectivity index (χ2v) is 7.80. The zero-order chi connectivity index (χ0) is 20.9. The Kier molecular flexibility index (Phi) is 6.91. The van der Waals surface area contributed by atoms with Crippen LogP contribution in [-0.4, -0.2) is 24.0 Å². The topological polar surface area (TPSA) is 49.7 Å². The van der Waals surface area contributed by atoms with E-state index in [0.29, 0.717) is 6.42 Å². The number of aryl methyl sites for hydroxylation is 3. The molecule has 0 fully saturated rings. The average Bonchev–Trinajstić information content (AvgIpc) is 2.71. The Hall–Kier alpha value is -2.40. The zero-order valence-electron chi connectivity index (χ0n) is 17.4. The summed E-state index contributed by atoms with van der Waals surface area (Å²) in [4.78, 5) is 0. The van der Waals surface area contributed by atoms with E-state index in [1.165, 1.54) is 33.4 Å². The highest BCUT2D eigenvalue weighted by atomic mass is 16.6. The van der Waals surface area contributed by atoms with E-state index < -0.39 is 7.32 Å². The monoisotopic (exact) mass is 388 g/mol. The largest absolute Gasteiger partial charge is 0.633 e. The Bertz CT molecular complexity index is 789. The van der Waals surface area contributed by atoms with Crippen LogP contribution in [0.15, 0.2) is 72.8 Å². The number of rotatable bonds is 8. The molecule has 0 spiro atoms. The molecule has 2 N–H and O–H groups in total. The first-order chi connectivity index (χ1) is 13.9. The lowest BCUT2D eigenvalue weighted by Gasteiger charge is -2.36. The van der Waals surface area contributed by atoms with Crippen LogP contribution in [0.5, 0.6) is 0 Å². The highest BCUT2D eigenvalue weighted by Crippen LogP contribution is 2.43. The molecule has 0 bridgehead atoms. The van der Waals surface area contributed by atoms with Crippen molar-refractivity contribution in [2.45, 2.75) is 39.0 Å². The lowest BCUT2D eigenvalue weighted by molar-refractivity contribution is 0.179. The van der Waals surface area contributed by atoms with E-state index >= 15 is 0 Å². The fourth-order valence-corrected chi connectivity index (χ4v) is 3.97. The van der Waals surface area contributed by atoms with Gasteiger partial charge >= 0.3 is 7.32 Å². The van der Waals surface area contributed by atoms with Gasteiger partial charge in [0.15, 0.2) is 0 Å². The summed E-state index contributed by atoms with van der Waals surface area (Å²) in [6.45, 7) is 6.57. The molecule has 0 heterocycles. The first-order valence-corrected chi connectivity index (χ1v) is 10.1. The quantitative estimate of drug-likeness (QED) is 0.334. The van der Waals surface area contributed by atoms with Gasteiger partial charge < -0.3 is 14.7 Å². The maximum atomic E-state index is 9.06. The Balaban J connectivity index is 2.15. The van der Waals surface area contributed by atoms with Crippen LogP contribution in [0, 0.1) is 20.8 Å². The maximum absolute atomic E-state index is 9.06. The van der Waals surface area contributed by atoms with Crippen LogP contribution < -0.4 is 0 Å². The van der Waals surface area contributed by atoms with Crippen molar-refractivity contribution in [2.75, 3.05) is 6.61 Å². The molecule has 0 aliphatic heterocycles. The molecule has 0 unspecified atom stereocenters. The second kappa shape index (κ2) is 9.40. The lowest BCUT2D eigenvalue weighted by Crippen LogP contribution is -2.30. The Morgan fingerprint density at radius 2 is 1.00 bits per heavy atom. The lowest BCUT2D eigenvalue weighted by atomic mass is 9.66. The zero-order valence-corrected chi connectivity index (χ0v) is 17.4. The molecule has 29 heavy (non-hydrogen) atoms. The summed E-state index contributed by atoms with van der Waals surface area (Å²) in [6, 6.07) is 26.2. The molecular weight excluding hydrogens is 359 g/mol. The predicted molar refractivity (Wildman–Crippen MR) is 119 cm³/mol. The molecule has 0 saturated carbocycles. The third-order valence-corrected chi connectivity index (χ3v) is 5.60. The van der Waals surface area contributed by atoms with Gasteiger partial charge in [0, 0.05) is 12.0 Å². The third-order valence-electron chi connectivity index (χ3n) is 5.60. The molecule has 0 saturated heterocycles. The molecule has 0 amide bonds. The van der Waals surface area contributed by atoms with Gasteiger partial charge in [-0.1, -0.05) is 89.5 Å². The highest BCUT2D eigenvalue weighted by Gasteiger charge is 2.36. The van der Waals surface area contributed by atoms with Crippen molar-refractivity contribution in [1.29, 1.82) is 0 Å². The van der Waals surface area contributed by atoms with Crippen LogP contribution in [0.1, 0.15) is 46.2 Å². The Morgan fingerprint density at radius 3 is 1.31 bits per heavy atom. The molecule has 3 aromatic carbocycles. The molecule has 3 rings (SSSR count). The van der Waals surface area contributed by atoms with E-state index in [2.05, 4.69) is 93.6 Å². The minimum Gasteiger partial charge on any atom is -0.402 e. The van der Waals surface area contributed by atoms with Crippen LogP contribution >= 0.6 is 0 Å². The van der Waals surface area contributed by atoms with Crippen molar-refractivity contribution in [3.63, 3.8) is 0 Å². The van der Waals surface area contributed by atoms with Gasteiger partial charge in [0.1, 0.15) is 0 Å². The standard InChI is InChI=1S/C25H29BO3/c1-19-5-11-22(12-6-19)25(17-4-18-29-26(27)28,23-13-7-20(2)8-14-23)24-15-9-21(3)10-16-24/h5-16,27-28H,4,17-18H2,1-3H3. The summed E-state index contributed by atoms with van der Waals surface area (Å²) in [6.07, 6.45) is 1.47. The van der Waals surface area contributed by atoms with E-state index in [0.717, 1.165) is 6.42 Å². The van der Waals surface area contributed by atoms with Gasteiger partial charge in [-0.2, -0.15) is 0 Å². The van der Waals surface area contributed by atoms with E-state index in [1.54, 1.807) is 0 Å². The first kappa shape index (κ1) is 21.3. The van der Waals surface area contributed by atoms with Crippen LogP contribution in [0.25, 0.3) is 0 Å². The molecule has 150 valence electrons. The van der Waals surface area contributed by atoms with Crippen molar-refractivity contribution in [3.8, 4) is 0 Å². The van der Waals surface area contributed by atoms with Gasteiger partial charge in [0.05, 0.1) is 0 Å². The number of hydrogen-bond acceptors (Lipinski definition) is 3. The molecule has 3 nitrogen and oxygen atoms in total. The highest BCUT2D eigenvalue weighted by molar-refractivity contribution is 6.32. The number of benzene rings is 3. The van der Waals surface area contributed by atoms with Gasteiger partial charge in [-0.3, -0.25) is 0 Å². The van der Waals surface area contributed by atoms with E-state index in [9.17, 15) is 0 Å². The van der Waals surface area contributed by atoms with Crippen LogP contribution in [0.4, 0.5) is 0 Å². The van der Waals surface area contributed by atoms with Gasteiger partial charge in [-0.15, -0.1) is 0 Å². The van der Waals surface area contributed by atoms with Gasteiger partial charge in [-0.25, -0.2) is 0 Å². The smallest absolute Gasteiger partial charge is 0.402 e. The van der Waals surface area contributed by atoms with Crippen LogP contribution in [-0.2, 0) is 10.1 Å². The molecule has 3 aromatic rings. The van der Waals surface area contributed by atoms with Gasteiger partial charge in [0.25, 0.3) is 0 Å². The van der Waals surface area contributed by atoms with Crippen LogP contribution in [0.3, 0.4) is 0 Å². The summed E-state index contributed by atoms with van der Waals surface area (Å²) in [5, 5.41) is 18.1. The minimum absolute atomic E-state index is 0.281. The van der Waals surface area contributed by atoms with E-state index in [1.807, 2.05) is 0 Å². The number of hydrogen-bond donors (Lipinski definition) is 2. The molecule has 0 aliphatic rings. The summed E-state index contributed by atoms with van der Waals surface area (Å²) < 4.78 is 5.01. The SMILES string of the molecule is Cc1ccc(C(CCCOB(O)O)(c2ccc(C)cc2)c2ccc(C)cc2)cc1. The van der Waals surface area contributed by atoms with Crippen molar-refractivity contribution >= 4 is 7.32 Å². The maximum Gasteiger partial charge on any atom is 0.633 e. The molecule has 4 heteroatoms. The summed E-state index contributed by atoms with van der Waals surface area (Å²) in [7, 11) is -1.73. The first-order valence-electron chi connectivity index (χ1n) is 10.1. The molecule has 0 aliphatic carbocycles.